The fourth-order valence-corrected chi connectivity index (χ4v) is 1.71. The Balaban J connectivity index is 0.000000205. The third-order valence-electron chi connectivity index (χ3n) is 2.73. The van der Waals surface area contributed by atoms with Crippen LogP contribution in [0, 0.1) is 0 Å². The quantitative estimate of drug-likeness (QED) is 0.529. The van der Waals surface area contributed by atoms with Crippen LogP contribution in [0.2, 0.25) is 0 Å². The fourth-order valence-electron chi connectivity index (χ4n) is 1.71. The second kappa shape index (κ2) is 8.49. The van der Waals surface area contributed by atoms with Crippen molar-refractivity contribution in [3.8, 4) is 0 Å². The van der Waals surface area contributed by atoms with E-state index in [1.165, 1.54) is 11.1 Å². The second-order valence-corrected chi connectivity index (χ2v) is 4.31. The van der Waals surface area contributed by atoms with E-state index in [0.29, 0.717) is 0 Å². The van der Waals surface area contributed by atoms with E-state index in [4.69, 9.17) is 0 Å². The minimum atomic E-state index is 1.23. The summed E-state index contributed by atoms with van der Waals surface area (Å²) in [5, 5.41) is 0. The van der Waals surface area contributed by atoms with Crippen molar-refractivity contribution in [2.45, 2.75) is 0 Å². The van der Waals surface area contributed by atoms with Gasteiger partial charge in [-0.2, -0.15) is 0 Å². The largest absolute Gasteiger partial charge is 0.0623 e. The second-order valence-electron chi connectivity index (χ2n) is 4.31. The van der Waals surface area contributed by atoms with Gasteiger partial charge in [0, 0.05) is 0 Å². The molecule has 20 heavy (non-hydrogen) atoms. The van der Waals surface area contributed by atoms with Gasteiger partial charge in [0.05, 0.1) is 0 Å². The van der Waals surface area contributed by atoms with Crippen LogP contribution in [0.25, 0.3) is 12.2 Å². The molecule has 98 valence electrons. The highest BCUT2D eigenvalue weighted by Gasteiger charge is 1.84. The molecule has 0 aliphatic rings. The Bertz CT molecular complexity index is 527. The van der Waals surface area contributed by atoms with Crippen molar-refractivity contribution in [2.24, 2.45) is 0 Å². The molecule has 0 unspecified atom stereocenters. The first-order valence-corrected chi connectivity index (χ1v) is 6.73. The minimum absolute atomic E-state index is 1.23. The third kappa shape index (κ3) is 5.36. The summed E-state index contributed by atoms with van der Waals surface area (Å²) in [4.78, 5) is 0. The number of rotatable bonds is 2. The minimum Gasteiger partial charge on any atom is -0.0623 e. The first-order valence-electron chi connectivity index (χ1n) is 6.73. The summed E-state index contributed by atoms with van der Waals surface area (Å²) in [5.41, 5.74) is 2.47. The Morgan fingerprint density at radius 1 is 0.350 bits per heavy atom. The average Bonchev–Trinajstić information content (AvgIpc) is 2.57. The maximum absolute atomic E-state index is 2.12. The molecular weight excluding hydrogens is 240 g/mol. The third-order valence-corrected chi connectivity index (χ3v) is 2.73. The van der Waals surface area contributed by atoms with Crippen LogP contribution in [0.4, 0.5) is 0 Å². The number of benzene rings is 3. The Hall–Kier alpha value is -2.60. The van der Waals surface area contributed by atoms with Gasteiger partial charge in [-0.15, -0.1) is 0 Å². The lowest BCUT2D eigenvalue weighted by Gasteiger charge is -1.92. The predicted octanol–water partition coefficient (Wildman–Crippen LogP) is 5.54. The standard InChI is InChI=1S/C14H12.C6H6/c1-3-7-13(8-4-1)11-12-14-9-5-2-6-10-14;1-2-4-6-5-3-1/h1-12H;1-6H/b12-11+;. The summed E-state index contributed by atoms with van der Waals surface area (Å²) in [5.74, 6) is 0. The molecule has 0 N–H and O–H groups in total. The van der Waals surface area contributed by atoms with Crippen molar-refractivity contribution in [3.05, 3.63) is 108 Å². The molecule has 3 aromatic carbocycles. The van der Waals surface area contributed by atoms with E-state index in [9.17, 15) is 0 Å². The summed E-state index contributed by atoms with van der Waals surface area (Å²) < 4.78 is 0. The maximum Gasteiger partial charge on any atom is -0.0256 e. The van der Waals surface area contributed by atoms with E-state index in [1.807, 2.05) is 72.8 Å². The van der Waals surface area contributed by atoms with Crippen molar-refractivity contribution >= 4 is 12.2 Å². The zero-order chi connectivity index (χ0) is 13.9. The summed E-state index contributed by atoms with van der Waals surface area (Å²) in [6.45, 7) is 0. The molecule has 3 rings (SSSR count). The first kappa shape index (κ1) is 13.8. The SMILES string of the molecule is C(=C\c1ccccc1)/c1ccccc1.c1ccccc1. The lowest BCUT2D eigenvalue weighted by molar-refractivity contribution is 1.65. The molecule has 0 spiro atoms. The van der Waals surface area contributed by atoms with E-state index in [0.717, 1.165) is 0 Å². The molecule has 0 atom stereocenters. The fraction of sp³-hybridized carbons (Fsp3) is 0. The van der Waals surface area contributed by atoms with E-state index >= 15 is 0 Å². The summed E-state index contributed by atoms with van der Waals surface area (Å²) in [6.07, 6.45) is 4.24. The number of hydrogen-bond acceptors (Lipinski definition) is 0. The van der Waals surface area contributed by atoms with Gasteiger partial charge in [-0.3, -0.25) is 0 Å². The monoisotopic (exact) mass is 258 g/mol. The van der Waals surface area contributed by atoms with Crippen LogP contribution >= 0.6 is 0 Å². The molecule has 3 aromatic rings. The molecule has 0 bridgehead atoms. The Labute approximate surface area is 121 Å². The molecule has 0 amide bonds. The zero-order valence-corrected chi connectivity index (χ0v) is 11.4. The van der Waals surface area contributed by atoms with Gasteiger partial charge in [0.2, 0.25) is 0 Å². The molecule has 0 fully saturated rings. The van der Waals surface area contributed by atoms with Crippen LogP contribution in [0.1, 0.15) is 11.1 Å². The van der Waals surface area contributed by atoms with E-state index in [-0.39, 0.29) is 0 Å². The molecule has 0 heterocycles. The lowest BCUT2D eigenvalue weighted by atomic mass is 10.1. The first-order chi connectivity index (χ1) is 9.95. The van der Waals surface area contributed by atoms with Gasteiger partial charge in [0.15, 0.2) is 0 Å². The highest BCUT2D eigenvalue weighted by atomic mass is 13.9. The van der Waals surface area contributed by atoms with Crippen LogP contribution in [-0.2, 0) is 0 Å². The lowest BCUT2D eigenvalue weighted by Crippen LogP contribution is -1.70. The summed E-state index contributed by atoms with van der Waals surface area (Å²) in [7, 11) is 0. The van der Waals surface area contributed by atoms with E-state index < -0.39 is 0 Å². The highest BCUT2D eigenvalue weighted by Crippen LogP contribution is 2.06. The molecule has 0 heteroatoms. The van der Waals surface area contributed by atoms with Crippen molar-refractivity contribution in [1.29, 1.82) is 0 Å². The molecule has 0 saturated heterocycles. The van der Waals surface area contributed by atoms with E-state index in [2.05, 4.69) is 36.4 Å². The van der Waals surface area contributed by atoms with Gasteiger partial charge in [0.1, 0.15) is 0 Å². The average molecular weight is 258 g/mol. The summed E-state index contributed by atoms with van der Waals surface area (Å²) in [6, 6.07) is 32.6. The Morgan fingerprint density at radius 3 is 0.900 bits per heavy atom. The van der Waals surface area contributed by atoms with Gasteiger partial charge < -0.3 is 0 Å². The van der Waals surface area contributed by atoms with Crippen LogP contribution in [0.3, 0.4) is 0 Å². The summed E-state index contributed by atoms with van der Waals surface area (Å²) >= 11 is 0. The van der Waals surface area contributed by atoms with Gasteiger partial charge in [-0.05, 0) is 11.1 Å². The van der Waals surface area contributed by atoms with Gasteiger partial charge in [-0.1, -0.05) is 109 Å². The molecule has 0 aromatic heterocycles. The Kier molecular flexibility index (Phi) is 5.87. The van der Waals surface area contributed by atoms with Gasteiger partial charge in [0.25, 0.3) is 0 Å². The molecule has 0 aliphatic heterocycles. The molecule has 0 saturated carbocycles. The van der Waals surface area contributed by atoms with Crippen LogP contribution < -0.4 is 0 Å². The van der Waals surface area contributed by atoms with Crippen molar-refractivity contribution < 1.29 is 0 Å². The van der Waals surface area contributed by atoms with Crippen LogP contribution in [0.15, 0.2) is 97.1 Å². The van der Waals surface area contributed by atoms with Crippen LogP contribution in [0.5, 0.6) is 0 Å². The normalized spacial score (nSPS) is 9.80. The van der Waals surface area contributed by atoms with Crippen molar-refractivity contribution in [1.82, 2.24) is 0 Å². The van der Waals surface area contributed by atoms with Crippen LogP contribution in [-0.4, -0.2) is 0 Å². The predicted molar refractivity (Wildman–Crippen MR) is 88.3 cm³/mol. The van der Waals surface area contributed by atoms with Gasteiger partial charge >= 0.3 is 0 Å². The Morgan fingerprint density at radius 2 is 0.600 bits per heavy atom. The van der Waals surface area contributed by atoms with Gasteiger partial charge in [-0.25, -0.2) is 0 Å². The smallest absolute Gasteiger partial charge is 0.0256 e. The molecule has 0 radical (unpaired) electrons. The molecular formula is C20H18. The maximum atomic E-state index is 2.12. The number of hydrogen-bond donors (Lipinski definition) is 0. The zero-order valence-electron chi connectivity index (χ0n) is 11.4. The topological polar surface area (TPSA) is 0 Å². The van der Waals surface area contributed by atoms with E-state index in [1.54, 1.807) is 0 Å². The molecule has 0 nitrogen and oxygen atoms in total. The van der Waals surface area contributed by atoms with Crippen molar-refractivity contribution in [2.75, 3.05) is 0 Å². The molecule has 0 aliphatic carbocycles. The highest BCUT2D eigenvalue weighted by molar-refractivity contribution is 5.69. The van der Waals surface area contributed by atoms with Crippen molar-refractivity contribution in [3.63, 3.8) is 0 Å².